The van der Waals surface area contributed by atoms with Crippen LogP contribution in [0.25, 0.3) is 16.3 Å². The fraction of sp³-hybridized carbons (Fsp3) is 0.269. The molecule has 0 radical (unpaired) electrons. The third kappa shape index (κ3) is 2.86. The Labute approximate surface area is 176 Å². The number of Topliss-reactive ketones (excluding diaryl/α,β-unsaturated/α-hetero) is 1. The normalized spacial score (nSPS) is 19.8. The molecule has 152 valence electrons. The third-order valence-corrected chi connectivity index (χ3v) is 6.29. The van der Waals surface area contributed by atoms with Crippen molar-refractivity contribution >= 4 is 27.8 Å². The molecule has 30 heavy (non-hydrogen) atoms. The predicted octanol–water partition coefficient (Wildman–Crippen LogP) is 5.86. The van der Waals surface area contributed by atoms with Gasteiger partial charge in [0, 0.05) is 22.9 Å². The zero-order valence-electron chi connectivity index (χ0n) is 17.5. The number of carbonyl (C=O) groups is 1. The van der Waals surface area contributed by atoms with Gasteiger partial charge in [0.25, 0.3) is 0 Å². The number of fused-ring (bicyclic) bond motifs is 4. The molecule has 1 heterocycles. The van der Waals surface area contributed by atoms with Crippen molar-refractivity contribution < 1.29 is 14.6 Å². The first-order valence-electron chi connectivity index (χ1n) is 10.3. The molecule has 3 aromatic rings. The molecule has 1 aliphatic carbocycles. The van der Waals surface area contributed by atoms with E-state index in [1.807, 2.05) is 24.3 Å². The van der Waals surface area contributed by atoms with Crippen LogP contribution in [0.2, 0.25) is 0 Å². The lowest BCUT2D eigenvalue weighted by molar-refractivity contribution is -0.118. The Morgan fingerprint density at radius 3 is 2.67 bits per heavy atom. The highest BCUT2D eigenvalue weighted by Crippen LogP contribution is 2.52. The quantitative estimate of drug-likeness (QED) is 0.566. The van der Waals surface area contributed by atoms with Crippen molar-refractivity contribution in [1.82, 2.24) is 0 Å². The van der Waals surface area contributed by atoms with E-state index in [-0.39, 0.29) is 23.0 Å². The van der Waals surface area contributed by atoms with Crippen LogP contribution in [0.5, 0.6) is 11.5 Å². The molecule has 2 N–H and O–H groups in total. The largest absolute Gasteiger partial charge is 0.504 e. The van der Waals surface area contributed by atoms with Crippen LogP contribution >= 0.6 is 0 Å². The number of ether oxygens (including phenoxy) is 1. The van der Waals surface area contributed by atoms with Gasteiger partial charge in [-0.25, -0.2) is 0 Å². The first kappa shape index (κ1) is 18.7. The number of phenolic OH excluding ortho intramolecular Hbond substituents is 1. The van der Waals surface area contributed by atoms with Crippen LogP contribution in [0.1, 0.15) is 43.9 Å². The maximum Gasteiger partial charge on any atom is 0.162 e. The van der Waals surface area contributed by atoms with E-state index in [1.165, 1.54) is 7.11 Å². The van der Waals surface area contributed by atoms with Crippen LogP contribution in [0.15, 0.2) is 60.2 Å². The lowest BCUT2D eigenvalue weighted by Crippen LogP contribution is -2.33. The van der Waals surface area contributed by atoms with E-state index in [0.717, 1.165) is 45.2 Å². The minimum absolute atomic E-state index is 0.0760. The predicted molar refractivity (Wildman–Crippen MR) is 120 cm³/mol. The first-order valence-corrected chi connectivity index (χ1v) is 10.3. The van der Waals surface area contributed by atoms with Gasteiger partial charge >= 0.3 is 0 Å². The summed E-state index contributed by atoms with van der Waals surface area (Å²) in [7, 11) is 1.54. The van der Waals surface area contributed by atoms with Crippen molar-refractivity contribution in [1.29, 1.82) is 0 Å². The Balaban J connectivity index is 1.78. The van der Waals surface area contributed by atoms with Gasteiger partial charge in [-0.1, -0.05) is 56.3 Å². The molecule has 0 unspecified atom stereocenters. The summed E-state index contributed by atoms with van der Waals surface area (Å²) >= 11 is 0. The monoisotopic (exact) mass is 399 g/mol. The van der Waals surface area contributed by atoms with Crippen LogP contribution in [-0.4, -0.2) is 18.0 Å². The minimum Gasteiger partial charge on any atom is -0.504 e. The smallest absolute Gasteiger partial charge is 0.162 e. The topological polar surface area (TPSA) is 58.6 Å². The molecular formula is C26H25NO3. The van der Waals surface area contributed by atoms with Gasteiger partial charge in [-0.2, -0.15) is 0 Å². The fourth-order valence-corrected chi connectivity index (χ4v) is 4.93. The van der Waals surface area contributed by atoms with Crippen molar-refractivity contribution in [3.05, 3.63) is 71.3 Å². The molecule has 3 aromatic carbocycles. The maximum atomic E-state index is 13.3. The molecule has 0 fully saturated rings. The van der Waals surface area contributed by atoms with E-state index in [2.05, 4.69) is 43.4 Å². The second kappa shape index (κ2) is 6.63. The van der Waals surface area contributed by atoms with Crippen LogP contribution in [0.4, 0.5) is 5.69 Å². The number of phenols is 1. The highest BCUT2D eigenvalue weighted by Gasteiger charge is 2.40. The highest BCUT2D eigenvalue weighted by molar-refractivity contribution is 6.12. The lowest BCUT2D eigenvalue weighted by atomic mass is 9.68. The van der Waals surface area contributed by atoms with E-state index < -0.39 is 0 Å². The molecule has 1 atom stereocenters. The maximum absolute atomic E-state index is 13.3. The summed E-state index contributed by atoms with van der Waals surface area (Å²) in [5, 5.41) is 16.0. The Kier molecular flexibility index (Phi) is 4.14. The van der Waals surface area contributed by atoms with Gasteiger partial charge in [-0.3, -0.25) is 4.79 Å². The first-order chi connectivity index (χ1) is 14.4. The molecule has 5 rings (SSSR count). The summed E-state index contributed by atoms with van der Waals surface area (Å²) in [6, 6.07) is 17.6. The Morgan fingerprint density at radius 2 is 1.87 bits per heavy atom. The van der Waals surface area contributed by atoms with Crippen molar-refractivity contribution in [3.8, 4) is 11.5 Å². The molecule has 0 spiro atoms. The van der Waals surface area contributed by atoms with Gasteiger partial charge in [0.2, 0.25) is 0 Å². The van der Waals surface area contributed by atoms with Crippen LogP contribution in [0, 0.1) is 5.41 Å². The van der Waals surface area contributed by atoms with Crippen LogP contribution < -0.4 is 10.1 Å². The summed E-state index contributed by atoms with van der Waals surface area (Å²) < 4.78 is 5.33. The lowest BCUT2D eigenvalue weighted by Gasteiger charge is -2.40. The van der Waals surface area contributed by atoms with Gasteiger partial charge in [0.05, 0.1) is 18.8 Å². The van der Waals surface area contributed by atoms with Crippen molar-refractivity contribution in [2.45, 2.75) is 32.7 Å². The number of hydrogen-bond donors (Lipinski definition) is 2. The van der Waals surface area contributed by atoms with Gasteiger partial charge in [-0.15, -0.1) is 0 Å². The average Bonchev–Trinajstić information content (AvgIpc) is 2.72. The number of allylic oxidation sites excluding steroid dienone is 1. The second-order valence-corrected chi connectivity index (χ2v) is 9.05. The summed E-state index contributed by atoms with van der Waals surface area (Å²) in [6.07, 6.45) is 1.38. The van der Waals surface area contributed by atoms with E-state index in [0.29, 0.717) is 12.2 Å². The number of carbonyl (C=O) groups excluding carboxylic acids is 1. The molecule has 1 aliphatic heterocycles. The number of benzene rings is 3. The molecule has 0 amide bonds. The van der Waals surface area contributed by atoms with Gasteiger partial charge < -0.3 is 15.2 Å². The molecule has 4 heteroatoms. The highest BCUT2D eigenvalue weighted by atomic mass is 16.5. The standard InChI is InChI=1S/C26H25NO3/c1-26(2)13-19-18-10-8-15-6-4-5-7-17(15)25(18)27-24(23(19)21(29)14-26)16-9-11-20(28)22(12-16)30-3/h4-12,24,27-28H,13-14H2,1-3H3/t24-/m1/s1. The van der Waals surface area contributed by atoms with Gasteiger partial charge in [0.1, 0.15) is 0 Å². The summed E-state index contributed by atoms with van der Waals surface area (Å²) in [4.78, 5) is 13.3. The molecule has 4 nitrogen and oxygen atoms in total. The van der Waals surface area contributed by atoms with Crippen molar-refractivity contribution in [3.63, 3.8) is 0 Å². The number of methoxy groups -OCH3 is 1. The summed E-state index contributed by atoms with van der Waals surface area (Å²) in [5.41, 5.74) is 4.98. The number of ketones is 1. The Morgan fingerprint density at radius 1 is 1.07 bits per heavy atom. The molecule has 0 aromatic heterocycles. The SMILES string of the molecule is COc1cc([C@H]2Nc3c(ccc4ccccc34)C3=C2C(=O)CC(C)(C)C3)ccc1O. The number of hydrogen-bond acceptors (Lipinski definition) is 4. The fourth-order valence-electron chi connectivity index (χ4n) is 4.93. The Hall–Kier alpha value is -3.27. The molecule has 0 saturated heterocycles. The number of anilines is 1. The van der Waals surface area contributed by atoms with E-state index in [1.54, 1.807) is 6.07 Å². The minimum atomic E-state index is -0.281. The van der Waals surface area contributed by atoms with E-state index in [9.17, 15) is 9.90 Å². The average molecular weight is 399 g/mol. The molecule has 2 aliphatic rings. The van der Waals surface area contributed by atoms with E-state index >= 15 is 0 Å². The molecular weight excluding hydrogens is 374 g/mol. The zero-order valence-corrected chi connectivity index (χ0v) is 17.5. The molecule has 0 saturated carbocycles. The van der Waals surface area contributed by atoms with Gasteiger partial charge in [-0.05, 0) is 40.5 Å². The summed E-state index contributed by atoms with van der Waals surface area (Å²) in [5.74, 6) is 0.682. The molecule has 0 bridgehead atoms. The van der Waals surface area contributed by atoms with Crippen molar-refractivity contribution in [2.75, 3.05) is 12.4 Å². The van der Waals surface area contributed by atoms with Crippen LogP contribution in [0.3, 0.4) is 0 Å². The number of rotatable bonds is 2. The number of nitrogens with one attached hydrogen (secondary N) is 1. The zero-order chi connectivity index (χ0) is 21.0. The third-order valence-electron chi connectivity index (χ3n) is 6.29. The van der Waals surface area contributed by atoms with Crippen LogP contribution in [-0.2, 0) is 4.79 Å². The van der Waals surface area contributed by atoms with Gasteiger partial charge in [0.15, 0.2) is 17.3 Å². The second-order valence-electron chi connectivity index (χ2n) is 9.05. The van der Waals surface area contributed by atoms with E-state index in [4.69, 9.17) is 4.74 Å². The van der Waals surface area contributed by atoms with Crippen molar-refractivity contribution in [2.24, 2.45) is 5.41 Å². The summed E-state index contributed by atoms with van der Waals surface area (Å²) in [6.45, 7) is 4.33. The Bertz CT molecular complexity index is 1220. The number of aromatic hydroxyl groups is 1.